The minimum Gasteiger partial charge on any atom is -0.493 e. The number of aldehydes is 1. The summed E-state index contributed by atoms with van der Waals surface area (Å²) >= 11 is 0. The van der Waals surface area contributed by atoms with Gasteiger partial charge >= 0.3 is 0 Å². The van der Waals surface area contributed by atoms with Gasteiger partial charge in [-0.25, -0.2) is 0 Å². The van der Waals surface area contributed by atoms with Gasteiger partial charge in [0.25, 0.3) is 0 Å². The number of Topliss-reactive ketones (excluding diaryl/α,β-unsaturated/α-hetero) is 2. The molecule has 0 bridgehead atoms. The maximum absolute atomic E-state index is 11.3. The molecule has 0 saturated heterocycles. The molecular weight excluding hydrogens is 288 g/mol. The molecule has 1 N–H and O–H groups in total. The van der Waals surface area contributed by atoms with E-state index in [4.69, 9.17) is 9.47 Å². The Kier molecular flexibility index (Phi) is 9.45. The van der Waals surface area contributed by atoms with E-state index in [0.29, 0.717) is 36.2 Å². The Morgan fingerprint density at radius 3 is 2.09 bits per heavy atom. The lowest BCUT2D eigenvalue weighted by molar-refractivity contribution is -0.129. The van der Waals surface area contributed by atoms with Gasteiger partial charge in [0.2, 0.25) is 0 Å². The predicted octanol–water partition coefficient (Wildman–Crippen LogP) is 1.88. The summed E-state index contributed by atoms with van der Waals surface area (Å²) in [7, 11) is 3.04. The molecule has 1 rings (SSSR count). The molecular formula is C16H22O6. The molecule has 0 aliphatic heterocycles. The third kappa shape index (κ3) is 6.05. The molecule has 6 heteroatoms. The van der Waals surface area contributed by atoms with Crippen molar-refractivity contribution in [1.29, 1.82) is 0 Å². The van der Waals surface area contributed by atoms with E-state index in [-0.39, 0.29) is 11.6 Å². The van der Waals surface area contributed by atoms with Crippen molar-refractivity contribution in [2.24, 2.45) is 0 Å². The minimum atomic E-state index is -1.09. The first-order chi connectivity index (χ1) is 10.4. The Hall–Kier alpha value is -2.21. The van der Waals surface area contributed by atoms with Gasteiger partial charge < -0.3 is 14.6 Å². The summed E-state index contributed by atoms with van der Waals surface area (Å²) in [5, 5.41) is 9.73. The van der Waals surface area contributed by atoms with Crippen LogP contribution in [-0.4, -0.2) is 37.2 Å². The molecule has 0 amide bonds. The number of hydrogen-bond acceptors (Lipinski definition) is 6. The van der Waals surface area contributed by atoms with Crippen LogP contribution >= 0.6 is 0 Å². The molecule has 1 aromatic carbocycles. The molecule has 1 atom stereocenters. The Morgan fingerprint density at radius 2 is 1.73 bits per heavy atom. The normalized spacial score (nSPS) is 10.8. The first kappa shape index (κ1) is 19.8. The number of ether oxygens (including phenoxy) is 2. The summed E-state index contributed by atoms with van der Waals surface area (Å²) in [6.45, 7) is 3.36. The number of benzene rings is 1. The Morgan fingerprint density at radius 1 is 1.14 bits per heavy atom. The van der Waals surface area contributed by atoms with Crippen molar-refractivity contribution in [3.05, 3.63) is 23.8 Å². The number of aliphatic hydroxyl groups excluding tert-OH is 1. The number of aliphatic hydroxyl groups is 1. The highest BCUT2D eigenvalue weighted by Crippen LogP contribution is 2.30. The Bertz CT molecular complexity index is 509. The number of carbonyl (C=O) groups excluding carboxylic acids is 3. The average molecular weight is 310 g/mol. The highest BCUT2D eigenvalue weighted by Gasteiger charge is 2.17. The molecule has 6 nitrogen and oxygen atoms in total. The van der Waals surface area contributed by atoms with E-state index in [1.165, 1.54) is 14.2 Å². The molecule has 0 spiro atoms. The molecule has 0 aliphatic rings. The van der Waals surface area contributed by atoms with Crippen LogP contribution in [0.4, 0.5) is 0 Å². The number of carbonyl (C=O) groups is 3. The highest BCUT2D eigenvalue weighted by molar-refractivity contribution is 6.24. The van der Waals surface area contributed by atoms with Gasteiger partial charge in [0, 0.05) is 12.8 Å². The first-order valence-corrected chi connectivity index (χ1v) is 6.85. The summed E-state index contributed by atoms with van der Waals surface area (Å²) in [5.74, 6) is 0.521. The van der Waals surface area contributed by atoms with E-state index in [9.17, 15) is 19.5 Å². The van der Waals surface area contributed by atoms with E-state index < -0.39 is 6.10 Å². The van der Waals surface area contributed by atoms with Gasteiger partial charge in [-0.05, 0) is 17.7 Å². The van der Waals surface area contributed by atoms with Crippen molar-refractivity contribution in [3.63, 3.8) is 0 Å². The van der Waals surface area contributed by atoms with E-state index >= 15 is 0 Å². The van der Waals surface area contributed by atoms with Crippen molar-refractivity contribution >= 4 is 17.9 Å². The summed E-state index contributed by atoms with van der Waals surface area (Å²) < 4.78 is 10.2. The number of hydrogen-bond donors (Lipinski definition) is 1. The van der Waals surface area contributed by atoms with Crippen LogP contribution < -0.4 is 9.47 Å². The summed E-state index contributed by atoms with van der Waals surface area (Å²) in [4.78, 5) is 30.5. The van der Waals surface area contributed by atoms with Crippen molar-refractivity contribution in [2.45, 2.75) is 32.8 Å². The maximum atomic E-state index is 11.3. The van der Waals surface area contributed by atoms with Gasteiger partial charge in [-0.1, -0.05) is 19.9 Å². The van der Waals surface area contributed by atoms with E-state index in [2.05, 4.69) is 0 Å². The zero-order valence-electron chi connectivity index (χ0n) is 13.3. The second kappa shape index (κ2) is 10.5. The number of ketones is 2. The SMILES string of the molecule is CCC(=O)C(O)c1ccc(OC)c(OC)c1.CCC(=O)C=O. The van der Waals surface area contributed by atoms with Crippen molar-refractivity contribution in [1.82, 2.24) is 0 Å². The molecule has 122 valence electrons. The zero-order valence-corrected chi connectivity index (χ0v) is 13.3. The van der Waals surface area contributed by atoms with Gasteiger partial charge in [0.15, 0.2) is 29.4 Å². The fourth-order valence-electron chi connectivity index (χ4n) is 1.49. The van der Waals surface area contributed by atoms with Gasteiger partial charge in [0.1, 0.15) is 6.10 Å². The minimum absolute atomic E-state index is 0.216. The van der Waals surface area contributed by atoms with Gasteiger partial charge in [-0.15, -0.1) is 0 Å². The molecule has 1 unspecified atom stereocenters. The molecule has 0 aliphatic carbocycles. The molecule has 0 saturated carbocycles. The fraction of sp³-hybridized carbons (Fsp3) is 0.438. The lowest BCUT2D eigenvalue weighted by Crippen LogP contribution is -2.10. The second-order valence-corrected chi connectivity index (χ2v) is 4.27. The van der Waals surface area contributed by atoms with Crippen LogP contribution in [0, 0.1) is 0 Å². The third-order valence-corrected chi connectivity index (χ3v) is 2.86. The van der Waals surface area contributed by atoms with Crippen LogP contribution in [0.2, 0.25) is 0 Å². The second-order valence-electron chi connectivity index (χ2n) is 4.27. The fourth-order valence-corrected chi connectivity index (χ4v) is 1.49. The van der Waals surface area contributed by atoms with Gasteiger partial charge in [-0.3, -0.25) is 14.4 Å². The zero-order chi connectivity index (χ0) is 17.1. The highest BCUT2D eigenvalue weighted by atomic mass is 16.5. The monoisotopic (exact) mass is 310 g/mol. The van der Waals surface area contributed by atoms with Crippen LogP contribution in [0.1, 0.15) is 38.4 Å². The Balaban J connectivity index is 0.000000626. The van der Waals surface area contributed by atoms with Crippen LogP contribution in [0.3, 0.4) is 0 Å². The van der Waals surface area contributed by atoms with Crippen molar-refractivity contribution < 1.29 is 29.0 Å². The largest absolute Gasteiger partial charge is 0.493 e. The van der Waals surface area contributed by atoms with Crippen molar-refractivity contribution in [2.75, 3.05) is 14.2 Å². The van der Waals surface area contributed by atoms with Gasteiger partial charge in [-0.2, -0.15) is 0 Å². The number of methoxy groups -OCH3 is 2. The quantitative estimate of drug-likeness (QED) is 0.611. The summed E-state index contributed by atoms with van der Waals surface area (Å²) in [6.07, 6.45) is -0.135. The smallest absolute Gasteiger partial charge is 0.194 e. The summed E-state index contributed by atoms with van der Waals surface area (Å²) in [6, 6.07) is 4.93. The molecule has 0 aromatic heterocycles. The number of rotatable bonds is 7. The van der Waals surface area contributed by atoms with Crippen LogP contribution in [0.15, 0.2) is 18.2 Å². The lowest BCUT2D eigenvalue weighted by atomic mass is 10.0. The summed E-state index contributed by atoms with van der Waals surface area (Å²) in [5.41, 5.74) is 0.518. The third-order valence-electron chi connectivity index (χ3n) is 2.86. The van der Waals surface area contributed by atoms with Gasteiger partial charge in [0.05, 0.1) is 14.2 Å². The Labute approximate surface area is 130 Å². The molecule has 0 fully saturated rings. The predicted molar refractivity (Wildman–Crippen MR) is 81.2 cm³/mol. The van der Waals surface area contributed by atoms with Crippen LogP contribution in [0.25, 0.3) is 0 Å². The van der Waals surface area contributed by atoms with Crippen molar-refractivity contribution in [3.8, 4) is 11.5 Å². The molecule has 22 heavy (non-hydrogen) atoms. The average Bonchev–Trinajstić information content (AvgIpc) is 2.59. The maximum Gasteiger partial charge on any atom is 0.194 e. The van der Waals surface area contributed by atoms with E-state index in [1.54, 1.807) is 32.0 Å². The van der Waals surface area contributed by atoms with Crippen LogP contribution in [-0.2, 0) is 14.4 Å². The standard InChI is InChI=1S/C12H16O4.C4H6O2/c1-4-9(13)12(14)8-5-6-10(15-2)11(7-8)16-3;1-2-4(6)3-5/h5-7,12,14H,4H2,1-3H3;3H,2H2,1H3. The molecule has 0 heterocycles. The topological polar surface area (TPSA) is 89.9 Å². The first-order valence-electron chi connectivity index (χ1n) is 6.85. The van der Waals surface area contributed by atoms with E-state index in [1.807, 2.05) is 0 Å². The lowest BCUT2D eigenvalue weighted by Gasteiger charge is -2.12. The van der Waals surface area contributed by atoms with Crippen LogP contribution in [0.5, 0.6) is 11.5 Å². The molecule has 1 aromatic rings. The van der Waals surface area contributed by atoms with E-state index in [0.717, 1.165) is 0 Å². The molecule has 0 radical (unpaired) electrons.